The van der Waals surface area contributed by atoms with Gasteiger partial charge in [-0.2, -0.15) is 26.3 Å². The number of aliphatic imine (C=N–C) groups is 1. The van der Waals surface area contributed by atoms with Gasteiger partial charge in [-0.1, -0.05) is 84.9 Å². The van der Waals surface area contributed by atoms with E-state index in [2.05, 4.69) is 20.9 Å². The SMILES string of the molecule is CN(C)C(=O)NCc1ccc(CNC(=O)[C@@H](CCCN=C(N)N)NC(=O)C(c2ccccc2)c2ccccc2)cc1.O=C(O)C(F)(F)F.O=C(O)C(F)(F)F. The number of urea groups is 1. The van der Waals surface area contributed by atoms with E-state index >= 15 is 0 Å². The number of carbonyl (C=O) groups excluding carboxylic acids is 3. The van der Waals surface area contributed by atoms with E-state index in [1.54, 1.807) is 14.1 Å². The van der Waals surface area contributed by atoms with Gasteiger partial charge in [-0.25, -0.2) is 14.4 Å². The summed E-state index contributed by atoms with van der Waals surface area (Å²) in [6, 6.07) is 25.6. The number of nitrogens with one attached hydrogen (secondary N) is 3. The van der Waals surface area contributed by atoms with Crippen LogP contribution in [0.5, 0.6) is 0 Å². The molecule has 0 saturated heterocycles. The van der Waals surface area contributed by atoms with Crippen LogP contribution in [0.2, 0.25) is 0 Å². The van der Waals surface area contributed by atoms with E-state index in [-0.39, 0.29) is 30.3 Å². The minimum Gasteiger partial charge on any atom is -0.475 e. The number of nitrogens with two attached hydrogens (primary N) is 2. The van der Waals surface area contributed by atoms with Crippen LogP contribution in [-0.2, 0) is 32.3 Å². The molecular formula is C35H41F6N7O7. The number of benzene rings is 3. The van der Waals surface area contributed by atoms with E-state index in [1.165, 1.54) is 4.90 Å². The molecule has 0 radical (unpaired) electrons. The molecule has 14 nitrogen and oxygen atoms in total. The minimum absolute atomic E-state index is 0.0204. The summed E-state index contributed by atoms with van der Waals surface area (Å²) in [7, 11) is 3.36. The zero-order valence-electron chi connectivity index (χ0n) is 29.5. The summed E-state index contributed by atoms with van der Waals surface area (Å²) in [5, 5.41) is 23.0. The fourth-order valence-corrected chi connectivity index (χ4v) is 4.24. The van der Waals surface area contributed by atoms with Crippen LogP contribution in [0.4, 0.5) is 31.1 Å². The predicted molar refractivity (Wildman–Crippen MR) is 188 cm³/mol. The normalized spacial score (nSPS) is 11.3. The summed E-state index contributed by atoms with van der Waals surface area (Å²) in [6.07, 6.45) is -9.31. The largest absolute Gasteiger partial charge is 0.490 e. The Morgan fingerprint density at radius 2 is 1.09 bits per heavy atom. The summed E-state index contributed by atoms with van der Waals surface area (Å²) < 4.78 is 63.5. The maximum absolute atomic E-state index is 13.7. The Bertz CT molecular complexity index is 1640. The molecule has 0 heterocycles. The summed E-state index contributed by atoms with van der Waals surface area (Å²) in [5.74, 6) is -6.68. The average Bonchev–Trinajstić information content (AvgIpc) is 3.11. The molecule has 3 aromatic carbocycles. The molecule has 0 spiro atoms. The average molecular weight is 786 g/mol. The van der Waals surface area contributed by atoms with Gasteiger partial charge in [0.05, 0.1) is 5.92 Å². The van der Waals surface area contributed by atoms with Gasteiger partial charge in [0.1, 0.15) is 6.04 Å². The Morgan fingerprint density at radius 1 is 0.691 bits per heavy atom. The van der Waals surface area contributed by atoms with Crippen molar-refractivity contribution in [2.24, 2.45) is 16.5 Å². The van der Waals surface area contributed by atoms with Gasteiger partial charge in [-0.05, 0) is 35.1 Å². The Kier molecular flexibility index (Phi) is 19.2. The van der Waals surface area contributed by atoms with E-state index < -0.39 is 36.3 Å². The molecule has 20 heteroatoms. The highest BCUT2D eigenvalue weighted by Crippen LogP contribution is 2.25. The third kappa shape index (κ3) is 18.8. The van der Waals surface area contributed by atoms with Crippen LogP contribution >= 0.6 is 0 Å². The summed E-state index contributed by atoms with van der Waals surface area (Å²) >= 11 is 0. The third-order valence-electron chi connectivity index (χ3n) is 6.93. The number of carbonyl (C=O) groups is 5. The molecule has 1 atom stereocenters. The van der Waals surface area contributed by atoms with Crippen LogP contribution in [0.15, 0.2) is 89.9 Å². The molecule has 4 amide bonds. The molecular weight excluding hydrogens is 744 g/mol. The number of guanidine groups is 1. The number of alkyl halides is 6. The van der Waals surface area contributed by atoms with Crippen LogP contribution in [0.3, 0.4) is 0 Å². The molecule has 300 valence electrons. The number of rotatable bonds is 13. The Balaban J connectivity index is 0.000000913. The van der Waals surface area contributed by atoms with Gasteiger partial charge in [0.2, 0.25) is 11.8 Å². The van der Waals surface area contributed by atoms with Crippen LogP contribution < -0.4 is 27.4 Å². The topological polar surface area (TPSA) is 230 Å². The number of nitrogens with zero attached hydrogens (tertiary/aromatic N) is 2. The fourth-order valence-electron chi connectivity index (χ4n) is 4.24. The maximum Gasteiger partial charge on any atom is 0.490 e. The highest BCUT2D eigenvalue weighted by atomic mass is 19.4. The first-order valence-corrected chi connectivity index (χ1v) is 16.0. The van der Waals surface area contributed by atoms with E-state index in [9.17, 15) is 40.7 Å². The number of aliphatic carboxylic acids is 2. The quantitative estimate of drug-likeness (QED) is 0.0579. The van der Waals surface area contributed by atoms with Gasteiger partial charge in [0.15, 0.2) is 5.96 Å². The molecule has 3 aromatic rings. The van der Waals surface area contributed by atoms with Gasteiger partial charge in [-0.3, -0.25) is 14.6 Å². The number of carboxylic acids is 2. The van der Waals surface area contributed by atoms with Crippen molar-refractivity contribution < 1.29 is 60.5 Å². The van der Waals surface area contributed by atoms with Crippen molar-refractivity contribution in [2.45, 2.75) is 50.2 Å². The smallest absolute Gasteiger partial charge is 0.475 e. The minimum atomic E-state index is -5.08. The van der Waals surface area contributed by atoms with Crippen LogP contribution in [-0.4, -0.2) is 89.9 Å². The molecule has 0 bridgehead atoms. The van der Waals surface area contributed by atoms with Crippen LogP contribution in [0.25, 0.3) is 0 Å². The molecule has 55 heavy (non-hydrogen) atoms. The molecule has 3 rings (SSSR count). The molecule has 0 unspecified atom stereocenters. The highest BCUT2D eigenvalue weighted by molar-refractivity contribution is 5.92. The van der Waals surface area contributed by atoms with Gasteiger partial charge < -0.3 is 42.5 Å². The molecule has 0 aliphatic carbocycles. The van der Waals surface area contributed by atoms with E-state index in [1.807, 2.05) is 84.9 Å². The van der Waals surface area contributed by atoms with Crippen molar-refractivity contribution in [3.05, 3.63) is 107 Å². The van der Waals surface area contributed by atoms with E-state index in [0.29, 0.717) is 25.9 Å². The third-order valence-corrected chi connectivity index (χ3v) is 6.93. The molecule has 0 aliphatic rings. The lowest BCUT2D eigenvalue weighted by Gasteiger charge is -2.23. The zero-order chi connectivity index (χ0) is 41.8. The van der Waals surface area contributed by atoms with Crippen molar-refractivity contribution in [1.82, 2.24) is 20.9 Å². The first-order valence-electron chi connectivity index (χ1n) is 16.0. The summed E-state index contributed by atoms with van der Waals surface area (Å²) in [6.45, 7) is 1.02. The maximum atomic E-state index is 13.7. The summed E-state index contributed by atoms with van der Waals surface area (Å²) in [4.78, 5) is 62.0. The number of hydrogen-bond acceptors (Lipinski definition) is 6. The van der Waals surface area contributed by atoms with E-state index in [4.69, 9.17) is 31.3 Å². The first kappa shape index (κ1) is 46.7. The first-order chi connectivity index (χ1) is 25.6. The fraction of sp³-hybridized carbons (Fsp3) is 0.314. The zero-order valence-corrected chi connectivity index (χ0v) is 29.5. The second-order valence-corrected chi connectivity index (χ2v) is 11.5. The lowest BCUT2D eigenvalue weighted by molar-refractivity contribution is -0.193. The van der Waals surface area contributed by atoms with Crippen molar-refractivity contribution in [2.75, 3.05) is 20.6 Å². The Morgan fingerprint density at radius 3 is 1.45 bits per heavy atom. The van der Waals surface area contributed by atoms with Crippen molar-refractivity contribution in [1.29, 1.82) is 0 Å². The van der Waals surface area contributed by atoms with Gasteiger partial charge in [0, 0.05) is 33.7 Å². The predicted octanol–water partition coefficient (Wildman–Crippen LogP) is 3.71. The monoisotopic (exact) mass is 785 g/mol. The highest BCUT2D eigenvalue weighted by Gasteiger charge is 2.39. The molecule has 0 aromatic heterocycles. The van der Waals surface area contributed by atoms with Gasteiger partial charge in [-0.15, -0.1) is 0 Å². The lowest BCUT2D eigenvalue weighted by Crippen LogP contribution is -2.48. The lowest BCUT2D eigenvalue weighted by atomic mass is 9.90. The van der Waals surface area contributed by atoms with Gasteiger partial charge in [0.25, 0.3) is 0 Å². The number of amides is 4. The summed E-state index contributed by atoms with van der Waals surface area (Å²) in [5.41, 5.74) is 14.4. The standard InChI is InChI=1S/C31H39N7O3.2C2HF3O2/c1-38(2)31(41)36-21-23-17-15-22(16-18-23)20-35-28(39)26(14-9-19-34-30(32)33)37-29(40)27(24-10-5-3-6-11-24)25-12-7-4-8-13-25;2*3-2(4,5)1(6)7/h3-8,10-13,15-18,26-27H,9,14,19-21H2,1-2H3,(H,35,39)(H,36,41)(H,37,40)(H4,32,33,34);2*(H,6,7)/t26-;;/m1../s1. The van der Waals surface area contributed by atoms with Crippen LogP contribution in [0.1, 0.15) is 41.0 Å². The number of halogens is 6. The number of hydrogen-bond donors (Lipinski definition) is 7. The van der Waals surface area contributed by atoms with Crippen molar-refractivity contribution in [3.63, 3.8) is 0 Å². The number of carboxylic acid groups (broad SMARTS) is 2. The second kappa shape index (κ2) is 22.7. The second-order valence-electron chi connectivity index (χ2n) is 11.5. The van der Waals surface area contributed by atoms with Gasteiger partial charge >= 0.3 is 30.3 Å². The molecule has 0 fully saturated rings. The Hall–Kier alpha value is -6.34. The van der Waals surface area contributed by atoms with E-state index in [0.717, 1.165) is 22.3 Å². The van der Waals surface area contributed by atoms with Crippen molar-refractivity contribution in [3.8, 4) is 0 Å². The Labute approximate surface area is 311 Å². The van der Waals surface area contributed by atoms with Crippen LogP contribution in [0, 0.1) is 0 Å². The van der Waals surface area contributed by atoms with Crippen molar-refractivity contribution >= 4 is 35.7 Å². The molecule has 0 aliphatic heterocycles. The molecule has 0 saturated carbocycles. The molecule has 9 N–H and O–H groups in total.